The van der Waals surface area contributed by atoms with Crippen molar-refractivity contribution in [3.05, 3.63) is 109 Å². The van der Waals surface area contributed by atoms with E-state index in [4.69, 9.17) is 0 Å². The number of nitrogens with zero attached hydrogens (tertiary/aromatic N) is 2. The van der Waals surface area contributed by atoms with E-state index in [1.807, 2.05) is 12.3 Å². The summed E-state index contributed by atoms with van der Waals surface area (Å²) in [7, 11) is 0. The van der Waals surface area contributed by atoms with E-state index in [9.17, 15) is 0 Å². The Balaban J connectivity index is 1.55. The normalized spacial score (nSPS) is 11.8. The lowest BCUT2D eigenvalue weighted by atomic mass is 10.1. The van der Waals surface area contributed by atoms with Crippen LogP contribution in [0.1, 0.15) is 0 Å². The highest BCUT2D eigenvalue weighted by Gasteiger charge is 2.17. The number of aromatic nitrogens is 2. The Bertz CT molecular complexity index is 1760. The van der Waals surface area contributed by atoms with E-state index in [-0.39, 0.29) is 0 Å². The molecule has 2 nitrogen and oxygen atoms in total. The molecule has 0 fully saturated rings. The van der Waals surface area contributed by atoms with Gasteiger partial charge in [-0.2, -0.15) is 0 Å². The predicted molar refractivity (Wildman–Crippen MR) is 137 cm³/mol. The third-order valence-corrected chi connectivity index (χ3v) is 7.36. The predicted octanol–water partition coefficient (Wildman–Crippen LogP) is 8.21. The van der Waals surface area contributed by atoms with Gasteiger partial charge in [0, 0.05) is 38.1 Å². The number of thiophene rings is 1. The van der Waals surface area contributed by atoms with Crippen LogP contribution in [0.25, 0.3) is 58.9 Å². The van der Waals surface area contributed by atoms with Crippen molar-refractivity contribution in [2.75, 3.05) is 0 Å². The minimum absolute atomic E-state index is 1.10. The fraction of sp³-hybridized carbons (Fsp3) is 0. The quantitative estimate of drug-likeness (QED) is 0.272. The zero-order chi connectivity index (χ0) is 21.1. The molecule has 3 aromatic heterocycles. The number of pyridine rings is 1. The maximum atomic E-state index is 4.62. The van der Waals surface area contributed by atoms with Crippen LogP contribution < -0.4 is 0 Å². The second kappa shape index (κ2) is 6.78. The standard InChI is InChI=1S/C29H18N2S/c1-2-7-19(8-3-1)20-12-14-21(15-13-20)31-24-11-5-4-9-22(24)27-25(31)16-17-26-28(27)23-10-6-18-30-29(23)32-26/h1-18H. The van der Waals surface area contributed by atoms with Gasteiger partial charge in [0.2, 0.25) is 0 Å². The van der Waals surface area contributed by atoms with E-state index in [2.05, 4.69) is 107 Å². The monoisotopic (exact) mass is 426 g/mol. The molecular weight excluding hydrogens is 408 g/mol. The number of rotatable bonds is 2. The zero-order valence-electron chi connectivity index (χ0n) is 17.2. The number of hydrogen-bond acceptors (Lipinski definition) is 2. The smallest absolute Gasteiger partial charge is 0.124 e. The number of hydrogen-bond donors (Lipinski definition) is 0. The van der Waals surface area contributed by atoms with E-state index in [0.29, 0.717) is 0 Å². The van der Waals surface area contributed by atoms with Gasteiger partial charge < -0.3 is 4.57 Å². The number of para-hydroxylation sites is 1. The molecule has 0 N–H and O–H groups in total. The Hall–Kier alpha value is -3.95. The average molecular weight is 427 g/mol. The van der Waals surface area contributed by atoms with Crippen LogP contribution in [-0.4, -0.2) is 9.55 Å². The summed E-state index contributed by atoms with van der Waals surface area (Å²) in [5.41, 5.74) is 6.10. The molecule has 0 saturated heterocycles. The largest absolute Gasteiger partial charge is 0.309 e. The summed E-state index contributed by atoms with van der Waals surface area (Å²) in [6.45, 7) is 0. The van der Waals surface area contributed by atoms with E-state index in [1.165, 1.54) is 54.1 Å². The first kappa shape index (κ1) is 17.7. The zero-order valence-corrected chi connectivity index (χ0v) is 18.0. The molecule has 3 heteroatoms. The molecule has 0 aliphatic heterocycles. The van der Waals surface area contributed by atoms with Crippen LogP contribution >= 0.6 is 11.3 Å². The van der Waals surface area contributed by atoms with Crippen LogP contribution in [0, 0.1) is 0 Å². The third-order valence-electron chi connectivity index (χ3n) is 6.28. The molecule has 0 unspecified atom stereocenters. The highest BCUT2D eigenvalue weighted by molar-refractivity contribution is 7.25. The van der Waals surface area contributed by atoms with E-state index >= 15 is 0 Å². The Morgan fingerprint density at radius 2 is 1.31 bits per heavy atom. The van der Waals surface area contributed by atoms with Gasteiger partial charge in [-0.05, 0) is 53.6 Å². The molecule has 0 spiro atoms. The highest BCUT2D eigenvalue weighted by atomic mass is 32.1. The van der Waals surface area contributed by atoms with E-state index in [0.717, 1.165) is 4.83 Å². The molecule has 4 aromatic carbocycles. The Kier molecular flexibility index (Phi) is 3.75. The summed E-state index contributed by atoms with van der Waals surface area (Å²) in [4.78, 5) is 5.72. The van der Waals surface area contributed by atoms with Gasteiger partial charge in [0.15, 0.2) is 0 Å². The SMILES string of the molecule is c1ccc(-c2ccc(-n3c4ccccc4c4c5c(ccc43)sc3ncccc35)cc2)cc1. The van der Waals surface area contributed by atoms with Crippen molar-refractivity contribution in [1.82, 2.24) is 9.55 Å². The van der Waals surface area contributed by atoms with E-state index in [1.54, 1.807) is 11.3 Å². The van der Waals surface area contributed by atoms with Gasteiger partial charge >= 0.3 is 0 Å². The lowest BCUT2D eigenvalue weighted by Gasteiger charge is -2.09. The second-order valence-corrected chi connectivity index (χ2v) is 9.09. The van der Waals surface area contributed by atoms with Crippen molar-refractivity contribution in [2.24, 2.45) is 0 Å². The lowest BCUT2D eigenvalue weighted by Crippen LogP contribution is -1.93. The summed E-state index contributed by atoms with van der Waals surface area (Å²) in [5.74, 6) is 0. The molecule has 3 heterocycles. The summed E-state index contributed by atoms with van der Waals surface area (Å²) in [6, 6.07) is 36.9. The van der Waals surface area contributed by atoms with Gasteiger partial charge in [-0.1, -0.05) is 60.7 Å². The Labute approximate surface area is 189 Å². The molecule has 0 bridgehead atoms. The lowest BCUT2D eigenvalue weighted by molar-refractivity contribution is 1.18. The first-order valence-electron chi connectivity index (χ1n) is 10.7. The highest BCUT2D eigenvalue weighted by Crippen LogP contribution is 2.42. The van der Waals surface area contributed by atoms with Crippen LogP contribution in [0.3, 0.4) is 0 Å². The maximum absolute atomic E-state index is 4.62. The Morgan fingerprint density at radius 3 is 2.19 bits per heavy atom. The molecule has 0 saturated carbocycles. The van der Waals surface area contributed by atoms with Crippen molar-refractivity contribution < 1.29 is 0 Å². The van der Waals surface area contributed by atoms with Gasteiger partial charge in [-0.25, -0.2) is 4.98 Å². The summed E-state index contributed by atoms with van der Waals surface area (Å²) >= 11 is 1.77. The number of fused-ring (bicyclic) bond motifs is 7. The summed E-state index contributed by atoms with van der Waals surface area (Å²) in [5, 5.41) is 5.14. The molecule has 150 valence electrons. The molecule has 0 amide bonds. The minimum Gasteiger partial charge on any atom is -0.309 e. The van der Waals surface area contributed by atoms with Crippen molar-refractivity contribution in [3.63, 3.8) is 0 Å². The van der Waals surface area contributed by atoms with Gasteiger partial charge in [-0.15, -0.1) is 11.3 Å². The molecule has 0 radical (unpaired) electrons. The van der Waals surface area contributed by atoms with Crippen LogP contribution in [0.4, 0.5) is 0 Å². The molecule has 7 aromatic rings. The van der Waals surface area contributed by atoms with E-state index < -0.39 is 0 Å². The molecule has 32 heavy (non-hydrogen) atoms. The van der Waals surface area contributed by atoms with Gasteiger partial charge in [0.05, 0.1) is 11.0 Å². The van der Waals surface area contributed by atoms with Crippen molar-refractivity contribution in [1.29, 1.82) is 0 Å². The molecule has 0 aliphatic rings. The fourth-order valence-electron chi connectivity index (χ4n) is 4.87. The molecule has 0 aliphatic carbocycles. The third kappa shape index (κ3) is 2.49. The topological polar surface area (TPSA) is 17.8 Å². The first-order chi connectivity index (χ1) is 15.9. The van der Waals surface area contributed by atoms with Crippen LogP contribution in [0.15, 0.2) is 109 Å². The fourth-order valence-corrected chi connectivity index (χ4v) is 5.92. The van der Waals surface area contributed by atoms with Crippen molar-refractivity contribution in [2.45, 2.75) is 0 Å². The van der Waals surface area contributed by atoms with Crippen LogP contribution in [0.2, 0.25) is 0 Å². The second-order valence-electron chi connectivity index (χ2n) is 8.06. The van der Waals surface area contributed by atoms with Crippen molar-refractivity contribution >= 4 is 53.4 Å². The van der Waals surface area contributed by atoms with Gasteiger partial charge in [0.25, 0.3) is 0 Å². The minimum atomic E-state index is 1.10. The molecule has 0 atom stereocenters. The van der Waals surface area contributed by atoms with Gasteiger partial charge in [0.1, 0.15) is 4.83 Å². The summed E-state index contributed by atoms with van der Waals surface area (Å²) < 4.78 is 3.67. The van der Waals surface area contributed by atoms with Crippen LogP contribution in [-0.2, 0) is 0 Å². The Morgan fingerprint density at radius 1 is 0.562 bits per heavy atom. The molecule has 7 rings (SSSR count). The summed E-state index contributed by atoms with van der Waals surface area (Å²) in [6.07, 6.45) is 1.88. The maximum Gasteiger partial charge on any atom is 0.124 e. The number of benzene rings is 4. The van der Waals surface area contributed by atoms with Crippen molar-refractivity contribution in [3.8, 4) is 16.8 Å². The van der Waals surface area contributed by atoms with Crippen LogP contribution in [0.5, 0.6) is 0 Å². The molecular formula is C29H18N2S. The average Bonchev–Trinajstić information content (AvgIpc) is 3.40. The van der Waals surface area contributed by atoms with Gasteiger partial charge in [-0.3, -0.25) is 0 Å². The first-order valence-corrected chi connectivity index (χ1v) is 11.6.